The highest BCUT2D eigenvalue weighted by atomic mass is 16.5. The standard InChI is InChI=1S/C27H48O4/c1-2-3-4-5-6-7-8-9-10-11-12-13-16-22-30-26(28)24-20-14-15-21-25(24)27(29)31-23-18-17-19-23/h23-25H,2-22H2,1H3. The number of carbonyl (C=O) groups excluding carboxylic acids is 2. The van der Waals surface area contributed by atoms with Crippen molar-refractivity contribution in [1.29, 1.82) is 0 Å². The molecule has 31 heavy (non-hydrogen) atoms. The first-order valence-corrected chi connectivity index (χ1v) is 13.6. The predicted molar refractivity (Wildman–Crippen MR) is 126 cm³/mol. The van der Waals surface area contributed by atoms with E-state index >= 15 is 0 Å². The molecule has 2 aliphatic carbocycles. The van der Waals surface area contributed by atoms with Crippen molar-refractivity contribution in [2.24, 2.45) is 11.8 Å². The van der Waals surface area contributed by atoms with Crippen LogP contribution < -0.4 is 0 Å². The molecule has 4 heteroatoms. The Labute approximate surface area is 191 Å². The maximum Gasteiger partial charge on any atom is 0.310 e. The Bertz CT molecular complexity index is 486. The lowest BCUT2D eigenvalue weighted by Gasteiger charge is -2.32. The van der Waals surface area contributed by atoms with E-state index in [1.165, 1.54) is 70.6 Å². The molecule has 2 fully saturated rings. The normalized spacial score (nSPS) is 21.5. The summed E-state index contributed by atoms with van der Waals surface area (Å²) in [5.74, 6) is -0.904. The summed E-state index contributed by atoms with van der Waals surface area (Å²) >= 11 is 0. The van der Waals surface area contributed by atoms with Crippen molar-refractivity contribution in [3.8, 4) is 0 Å². The zero-order valence-corrected chi connectivity index (χ0v) is 20.2. The Hall–Kier alpha value is -1.06. The second-order valence-electron chi connectivity index (χ2n) is 9.90. The summed E-state index contributed by atoms with van der Waals surface area (Å²) in [7, 11) is 0. The molecule has 0 radical (unpaired) electrons. The van der Waals surface area contributed by atoms with Crippen LogP contribution in [0.5, 0.6) is 0 Å². The fourth-order valence-electron chi connectivity index (χ4n) is 4.84. The summed E-state index contributed by atoms with van der Waals surface area (Å²) in [5.41, 5.74) is 0. The third-order valence-electron chi connectivity index (χ3n) is 7.20. The van der Waals surface area contributed by atoms with Gasteiger partial charge in [0.2, 0.25) is 0 Å². The minimum absolute atomic E-state index is 0.0943. The fraction of sp³-hybridized carbons (Fsp3) is 0.926. The maximum atomic E-state index is 12.6. The highest BCUT2D eigenvalue weighted by Gasteiger charge is 2.39. The van der Waals surface area contributed by atoms with Gasteiger partial charge in [-0.3, -0.25) is 9.59 Å². The number of ether oxygens (including phenoxy) is 2. The van der Waals surface area contributed by atoms with Crippen LogP contribution >= 0.6 is 0 Å². The van der Waals surface area contributed by atoms with E-state index < -0.39 is 0 Å². The van der Waals surface area contributed by atoms with Crippen LogP contribution in [-0.4, -0.2) is 24.6 Å². The second-order valence-corrected chi connectivity index (χ2v) is 9.90. The van der Waals surface area contributed by atoms with Crippen LogP contribution in [0.2, 0.25) is 0 Å². The summed E-state index contributed by atoms with van der Waals surface area (Å²) in [6.45, 7) is 2.77. The molecule has 2 atom stereocenters. The van der Waals surface area contributed by atoms with E-state index in [-0.39, 0.29) is 29.9 Å². The zero-order chi connectivity index (χ0) is 22.2. The van der Waals surface area contributed by atoms with Gasteiger partial charge < -0.3 is 9.47 Å². The van der Waals surface area contributed by atoms with Gasteiger partial charge >= 0.3 is 11.9 Å². The van der Waals surface area contributed by atoms with Crippen LogP contribution in [0.4, 0.5) is 0 Å². The molecule has 0 bridgehead atoms. The molecule has 2 aliphatic rings. The smallest absolute Gasteiger partial charge is 0.310 e. The van der Waals surface area contributed by atoms with E-state index in [1.54, 1.807) is 0 Å². The van der Waals surface area contributed by atoms with Gasteiger partial charge in [0.15, 0.2) is 0 Å². The van der Waals surface area contributed by atoms with Gasteiger partial charge in [-0.1, -0.05) is 96.8 Å². The lowest BCUT2D eigenvalue weighted by Crippen LogP contribution is -2.37. The quantitative estimate of drug-likeness (QED) is 0.175. The van der Waals surface area contributed by atoms with E-state index in [9.17, 15) is 9.59 Å². The van der Waals surface area contributed by atoms with E-state index in [1.807, 2.05) is 0 Å². The molecular weight excluding hydrogens is 388 g/mol. The van der Waals surface area contributed by atoms with E-state index in [2.05, 4.69) is 6.92 Å². The molecule has 2 rings (SSSR count). The summed E-state index contributed by atoms with van der Waals surface area (Å²) in [4.78, 5) is 25.1. The first-order valence-electron chi connectivity index (χ1n) is 13.6. The van der Waals surface area contributed by atoms with Crippen molar-refractivity contribution >= 4 is 11.9 Å². The first-order chi connectivity index (χ1) is 15.2. The van der Waals surface area contributed by atoms with Gasteiger partial charge in [0, 0.05) is 0 Å². The third kappa shape index (κ3) is 10.9. The molecule has 2 unspecified atom stereocenters. The largest absolute Gasteiger partial charge is 0.465 e. The van der Waals surface area contributed by atoms with Crippen molar-refractivity contribution in [3.63, 3.8) is 0 Å². The molecule has 180 valence electrons. The Morgan fingerprint density at radius 1 is 0.613 bits per heavy atom. The van der Waals surface area contributed by atoms with Crippen LogP contribution in [0.1, 0.15) is 135 Å². The van der Waals surface area contributed by atoms with Crippen LogP contribution in [0, 0.1) is 11.8 Å². The zero-order valence-electron chi connectivity index (χ0n) is 20.2. The molecular formula is C27H48O4. The number of carbonyl (C=O) groups is 2. The lowest BCUT2D eigenvalue weighted by atomic mass is 9.79. The minimum Gasteiger partial charge on any atom is -0.465 e. The molecule has 0 aliphatic heterocycles. The molecule has 0 amide bonds. The number of hydrogen-bond donors (Lipinski definition) is 0. The Morgan fingerprint density at radius 2 is 1.10 bits per heavy atom. The SMILES string of the molecule is CCCCCCCCCCCCCCCOC(=O)C1CCCCC1C(=O)OC1CCC1. The van der Waals surface area contributed by atoms with Crippen LogP contribution in [0.15, 0.2) is 0 Å². The van der Waals surface area contributed by atoms with Crippen LogP contribution in [-0.2, 0) is 19.1 Å². The minimum atomic E-state index is -0.289. The fourth-order valence-corrected chi connectivity index (χ4v) is 4.84. The molecule has 0 heterocycles. The summed E-state index contributed by atoms with van der Waals surface area (Å²) in [5, 5.41) is 0. The molecule has 0 aromatic heterocycles. The Kier molecular flexibility index (Phi) is 14.0. The van der Waals surface area contributed by atoms with Crippen molar-refractivity contribution in [2.45, 2.75) is 141 Å². The topological polar surface area (TPSA) is 52.6 Å². The first kappa shape index (κ1) is 26.2. The third-order valence-corrected chi connectivity index (χ3v) is 7.20. The molecule has 0 aromatic rings. The van der Waals surface area contributed by atoms with Crippen molar-refractivity contribution in [1.82, 2.24) is 0 Å². The van der Waals surface area contributed by atoms with Gasteiger partial charge in [-0.2, -0.15) is 0 Å². The molecule has 0 spiro atoms. The van der Waals surface area contributed by atoms with Gasteiger partial charge in [-0.05, 0) is 38.5 Å². The molecule has 0 saturated heterocycles. The molecule has 2 saturated carbocycles. The van der Waals surface area contributed by atoms with Gasteiger partial charge in [0.05, 0.1) is 18.4 Å². The maximum absolute atomic E-state index is 12.6. The number of esters is 2. The van der Waals surface area contributed by atoms with Gasteiger partial charge in [-0.25, -0.2) is 0 Å². The number of unbranched alkanes of at least 4 members (excludes halogenated alkanes) is 12. The monoisotopic (exact) mass is 436 g/mol. The van der Waals surface area contributed by atoms with Gasteiger partial charge in [0.25, 0.3) is 0 Å². The van der Waals surface area contributed by atoms with Gasteiger partial charge in [0.1, 0.15) is 6.10 Å². The summed E-state index contributed by atoms with van der Waals surface area (Å²) in [6.07, 6.45) is 23.8. The summed E-state index contributed by atoms with van der Waals surface area (Å²) in [6, 6.07) is 0. The van der Waals surface area contributed by atoms with E-state index in [0.717, 1.165) is 57.8 Å². The highest BCUT2D eigenvalue weighted by Crippen LogP contribution is 2.34. The van der Waals surface area contributed by atoms with Crippen LogP contribution in [0.25, 0.3) is 0 Å². The van der Waals surface area contributed by atoms with E-state index in [0.29, 0.717) is 6.61 Å². The average molecular weight is 437 g/mol. The summed E-state index contributed by atoms with van der Waals surface area (Å²) < 4.78 is 11.1. The number of rotatable bonds is 17. The van der Waals surface area contributed by atoms with Crippen molar-refractivity contribution < 1.29 is 19.1 Å². The highest BCUT2D eigenvalue weighted by molar-refractivity contribution is 5.82. The van der Waals surface area contributed by atoms with Crippen molar-refractivity contribution in [3.05, 3.63) is 0 Å². The number of hydrogen-bond acceptors (Lipinski definition) is 4. The second kappa shape index (κ2) is 16.6. The Morgan fingerprint density at radius 3 is 1.58 bits per heavy atom. The van der Waals surface area contributed by atoms with Crippen molar-refractivity contribution in [2.75, 3.05) is 6.61 Å². The van der Waals surface area contributed by atoms with Gasteiger partial charge in [-0.15, -0.1) is 0 Å². The molecule has 0 N–H and O–H groups in total. The average Bonchev–Trinajstić information content (AvgIpc) is 2.76. The van der Waals surface area contributed by atoms with E-state index in [4.69, 9.17) is 9.47 Å². The Balaban J connectivity index is 1.45. The molecule has 0 aromatic carbocycles. The molecule has 4 nitrogen and oxygen atoms in total. The lowest BCUT2D eigenvalue weighted by molar-refractivity contribution is -0.168. The van der Waals surface area contributed by atoms with Crippen LogP contribution in [0.3, 0.4) is 0 Å². The predicted octanol–water partition coefficient (Wildman–Crippen LogP) is 7.52.